The summed E-state index contributed by atoms with van der Waals surface area (Å²) in [7, 11) is 0. The topological polar surface area (TPSA) is 101 Å². The summed E-state index contributed by atoms with van der Waals surface area (Å²) in [6, 6.07) is 26.5. The zero-order valence-corrected chi connectivity index (χ0v) is 29.0. The van der Waals surface area contributed by atoms with Crippen LogP contribution in [-0.2, 0) is 9.59 Å². The molecule has 0 radical (unpaired) electrons. The molecule has 0 aliphatic rings. The van der Waals surface area contributed by atoms with Gasteiger partial charge in [-0.15, -0.1) is 0 Å². The molecular formula is C32H22Br4N4O4. The zero-order chi connectivity index (χ0) is 31.1. The number of hydrazone groups is 2. The van der Waals surface area contributed by atoms with E-state index in [1.54, 1.807) is 24.3 Å². The highest BCUT2D eigenvalue weighted by atomic mass is 79.9. The van der Waals surface area contributed by atoms with E-state index in [0.29, 0.717) is 11.5 Å². The summed E-state index contributed by atoms with van der Waals surface area (Å²) in [6.07, 6.45) is 3.04. The quantitative estimate of drug-likeness (QED) is 0.110. The fraction of sp³-hybridized carbons (Fsp3) is 0.0625. The van der Waals surface area contributed by atoms with E-state index in [9.17, 15) is 9.59 Å². The zero-order valence-electron chi connectivity index (χ0n) is 22.7. The predicted molar refractivity (Wildman–Crippen MR) is 188 cm³/mol. The third kappa shape index (κ3) is 8.32. The first kappa shape index (κ1) is 31.8. The van der Waals surface area contributed by atoms with Crippen LogP contribution in [0.2, 0.25) is 0 Å². The fourth-order valence-electron chi connectivity index (χ4n) is 4.09. The highest BCUT2D eigenvalue weighted by molar-refractivity contribution is 9.11. The van der Waals surface area contributed by atoms with Crippen LogP contribution in [0.5, 0.6) is 11.5 Å². The average molecular weight is 846 g/mol. The van der Waals surface area contributed by atoms with Crippen molar-refractivity contribution in [2.75, 3.05) is 13.2 Å². The average Bonchev–Trinajstić information content (AvgIpc) is 3.01. The Balaban J connectivity index is 1.05. The fourth-order valence-corrected chi connectivity index (χ4v) is 6.06. The van der Waals surface area contributed by atoms with Crippen LogP contribution in [0.15, 0.2) is 113 Å². The molecule has 5 rings (SSSR count). The van der Waals surface area contributed by atoms with Gasteiger partial charge >= 0.3 is 0 Å². The minimum atomic E-state index is -0.395. The number of carbonyl (C=O) groups is 2. The third-order valence-electron chi connectivity index (χ3n) is 6.22. The maximum atomic E-state index is 12.2. The van der Waals surface area contributed by atoms with E-state index >= 15 is 0 Å². The molecule has 12 heteroatoms. The number of amides is 2. The minimum absolute atomic E-state index is 0.193. The molecule has 0 spiro atoms. The van der Waals surface area contributed by atoms with Crippen LogP contribution in [0, 0.1) is 0 Å². The largest absolute Gasteiger partial charge is 0.483 e. The Labute approximate surface area is 286 Å². The van der Waals surface area contributed by atoms with Crippen LogP contribution in [0.4, 0.5) is 0 Å². The van der Waals surface area contributed by atoms with Gasteiger partial charge in [-0.3, -0.25) is 9.59 Å². The Morgan fingerprint density at radius 3 is 1.41 bits per heavy atom. The molecule has 2 amide bonds. The van der Waals surface area contributed by atoms with Crippen molar-refractivity contribution >= 4 is 110 Å². The van der Waals surface area contributed by atoms with Gasteiger partial charge in [-0.2, -0.15) is 10.2 Å². The summed E-state index contributed by atoms with van der Waals surface area (Å²) in [6.45, 7) is -0.385. The van der Waals surface area contributed by atoms with E-state index in [2.05, 4.69) is 84.8 Å². The molecule has 0 saturated heterocycles. The lowest BCUT2D eigenvalue weighted by atomic mass is 10.1. The molecule has 0 aliphatic carbocycles. The molecule has 0 saturated carbocycles. The Kier molecular flexibility index (Phi) is 10.8. The highest BCUT2D eigenvalue weighted by Gasteiger charge is 2.10. The summed E-state index contributed by atoms with van der Waals surface area (Å²) >= 11 is 14.0. The van der Waals surface area contributed by atoms with Gasteiger partial charge in [0.1, 0.15) is 11.5 Å². The predicted octanol–water partition coefficient (Wildman–Crippen LogP) is 8.10. The number of nitrogens with zero attached hydrogens (tertiary/aromatic N) is 2. The molecule has 0 unspecified atom stereocenters. The van der Waals surface area contributed by atoms with Crippen molar-refractivity contribution in [3.05, 3.63) is 114 Å². The summed E-state index contributed by atoms with van der Waals surface area (Å²) in [5.74, 6) is 0.334. The molecule has 0 fully saturated rings. The molecule has 5 aromatic carbocycles. The molecular weight excluding hydrogens is 824 g/mol. The minimum Gasteiger partial charge on any atom is -0.483 e. The first-order valence-electron chi connectivity index (χ1n) is 13.0. The second kappa shape index (κ2) is 14.9. The lowest BCUT2D eigenvalue weighted by Crippen LogP contribution is -2.24. The van der Waals surface area contributed by atoms with Gasteiger partial charge in [0, 0.05) is 8.95 Å². The summed E-state index contributed by atoms with van der Waals surface area (Å²) < 4.78 is 14.9. The maximum absolute atomic E-state index is 12.2. The van der Waals surface area contributed by atoms with Gasteiger partial charge in [0.15, 0.2) is 13.2 Å². The van der Waals surface area contributed by atoms with Gasteiger partial charge in [0.2, 0.25) is 0 Å². The Hall–Kier alpha value is -3.58. The van der Waals surface area contributed by atoms with E-state index in [0.717, 1.165) is 50.6 Å². The van der Waals surface area contributed by atoms with Crippen LogP contribution < -0.4 is 20.3 Å². The molecule has 44 heavy (non-hydrogen) atoms. The number of nitrogens with one attached hydrogen (secondary N) is 2. The van der Waals surface area contributed by atoms with Crippen molar-refractivity contribution in [3.63, 3.8) is 0 Å². The number of fused-ring (bicyclic) bond motifs is 2. The van der Waals surface area contributed by atoms with Crippen LogP contribution in [0.3, 0.4) is 0 Å². The van der Waals surface area contributed by atoms with Gasteiger partial charge < -0.3 is 9.47 Å². The number of halogens is 4. The standard InChI is InChI=1S/C32H22Br4N4O4/c33-23-7-9-25-21(13-23)5-11-27(31(25)35)43-17-29(41)39-37-15-19-1-2-20(4-3-19)16-38-40-30(42)18-44-28-12-6-22-14-24(34)8-10-26(22)32(28)36/h1-16H,17-18H2,(H,39,41)(H,40,42). The molecule has 0 heterocycles. The van der Waals surface area contributed by atoms with Crippen LogP contribution in [-0.4, -0.2) is 37.5 Å². The summed E-state index contributed by atoms with van der Waals surface area (Å²) in [5.41, 5.74) is 6.44. The van der Waals surface area contributed by atoms with Gasteiger partial charge in [0.05, 0.1) is 21.4 Å². The van der Waals surface area contributed by atoms with Crippen molar-refractivity contribution in [1.29, 1.82) is 0 Å². The maximum Gasteiger partial charge on any atom is 0.277 e. The normalized spacial score (nSPS) is 11.4. The molecule has 5 aromatic rings. The lowest BCUT2D eigenvalue weighted by molar-refractivity contribution is -0.123. The smallest absolute Gasteiger partial charge is 0.277 e. The van der Waals surface area contributed by atoms with Gasteiger partial charge in [0.25, 0.3) is 11.8 Å². The van der Waals surface area contributed by atoms with Crippen LogP contribution >= 0.6 is 63.7 Å². The SMILES string of the molecule is O=C(COc1ccc2cc(Br)ccc2c1Br)NN=Cc1ccc(C=NNC(=O)COc2ccc3cc(Br)ccc3c2Br)cc1. The molecule has 8 nitrogen and oxygen atoms in total. The monoisotopic (exact) mass is 842 g/mol. The van der Waals surface area contributed by atoms with Crippen LogP contribution in [0.1, 0.15) is 11.1 Å². The van der Waals surface area contributed by atoms with E-state index in [1.165, 1.54) is 12.4 Å². The Morgan fingerprint density at radius 2 is 1.00 bits per heavy atom. The number of hydrogen-bond acceptors (Lipinski definition) is 6. The number of hydrogen-bond donors (Lipinski definition) is 2. The molecule has 0 aromatic heterocycles. The number of ether oxygens (including phenoxy) is 2. The van der Waals surface area contributed by atoms with E-state index in [-0.39, 0.29) is 13.2 Å². The van der Waals surface area contributed by atoms with Crippen molar-refractivity contribution in [2.45, 2.75) is 0 Å². The number of carbonyl (C=O) groups excluding carboxylic acids is 2. The molecule has 0 bridgehead atoms. The second-order valence-electron chi connectivity index (χ2n) is 9.32. The Morgan fingerprint density at radius 1 is 0.591 bits per heavy atom. The lowest BCUT2D eigenvalue weighted by Gasteiger charge is -2.10. The summed E-state index contributed by atoms with van der Waals surface area (Å²) in [5, 5.41) is 12.0. The van der Waals surface area contributed by atoms with Crippen molar-refractivity contribution < 1.29 is 19.1 Å². The molecule has 0 atom stereocenters. The first-order chi connectivity index (χ1) is 21.3. The van der Waals surface area contributed by atoms with E-state index in [1.807, 2.05) is 60.7 Å². The van der Waals surface area contributed by atoms with Crippen molar-refractivity contribution in [1.82, 2.24) is 10.9 Å². The third-order valence-corrected chi connectivity index (χ3v) is 8.84. The first-order valence-corrected chi connectivity index (χ1v) is 16.2. The molecule has 0 aliphatic heterocycles. The van der Waals surface area contributed by atoms with Gasteiger partial charge in [-0.25, -0.2) is 10.9 Å². The van der Waals surface area contributed by atoms with Gasteiger partial charge in [-0.05, 0) is 101 Å². The highest BCUT2D eigenvalue weighted by Crippen LogP contribution is 2.35. The van der Waals surface area contributed by atoms with E-state index in [4.69, 9.17) is 9.47 Å². The molecule has 2 N–H and O–H groups in total. The molecule has 222 valence electrons. The second-order valence-corrected chi connectivity index (χ2v) is 12.7. The van der Waals surface area contributed by atoms with E-state index < -0.39 is 11.8 Å². The van der Waals surface area contributed by atoms with Crippen LogP contribution in [0.25, 0.3) is 21.5 Å². The van der Waals surface area contributed by atoms with Gasteiger partial charge in [-0.1, -0.05) is 80.4 Å². The summed E-state index contributed by atoms with van der Waals surface area (Å²) in [4.78, 5) is 24.4. The van der Waals surface area contributed by atoms with Crippen molar-refractivity contribution in [3.8, 4) is 11.5 Å². The van der Waals surface area contributed by atoms with Crippen molar-refractivity contribution in [2.24, 2.45) is 10.2 Å². The number of rotatable bonds is 10. The number of benzene rings is 5. The Bertz CT molecular complexity index is 1780.